The van der Waals surface area contributed by atoms with Crippen LogP contribution in [0.1, 0.15) is 17.0 Å². The van der Waals surface area contributed by atoms with Crippen molar-refractivity contribution in [2.75, 3.05) is 7.11 Å². The normalized spacial score (nSPS) is 11.6. The Balaban J connectivity index is 1.99. The maximum atomic E-state index is 12.5. The van der Waals surface area contributed by atoms with Gasteiger partial charge in [0.25, 0.3) is 0 Å². The Morgan fingerprint density at radius 1 is 1.20 bits per heavy atom. The van der Waals surface area contributed by atoms with E-state index >= 15 is 0 Å². The van der Waals surface area contributed by atoms with Gasteiger partial charge in [0.05, 0.1) is 12.2 Å². The SMILES string of the molecule is COCc1cc(COc2cccc(C(F)(F)F)c2)on1. The highest BCUT2D eigenvalue weighted by molar-refractivity contribution is 5.30. The summed E-state index contributed by atoms with van der Waals surface area (Å²) in [6.07, 6.45) is -4.39. The summed E-state index contributed by atoms with van der Waals surface area (Å²) in [6, 6.07) is 6.28. The lowest BCUT2D eigenvalue weighted by Gasteiger charge is -2.09. The Morgan fingerprint density at radius 3 is 2.70 bits per heavy atom. The van der Waals surface area contributed by atoms with Crippen LogP contribution in [0, 0.1) is 0 Å². The lowest BCUT2D eigenvalue weighted by molar-refractivity contribution is -0.137. The van der Waals surface area contributed by atoms with Crippen LogP contribution in [-0.2, 0) is 24.1 Å². The summed E-state index contributed by atoms with van der Waals surface area (Å²) < 4.78 is 52.6. The van der Waals surface area contributed by atoms with Crippen molar-refractivity contribution < 1.29 is 27.2 Å². The molecule has 0 N–H and O–H groups in total. The highest BCUT2D eigenvalue weighted by Crippen LogP contribution is 2.31. The molecule has 0 aliphatic heterocycles. The third-order valence-electron chi connectivity index (χ3n) is 2.44. The van der Waals surface area contributed by atoms with Gasteiger partial charge in [0.1, 0.15) is 18.1 Å². The highest BCUT2D eigenvalue weighted by Gasteiger charge is 2.30. The molecule has 0 bridgehead atoms. The van der Waals surface area contributed by atoms with Crippen LogP contribution in [0.15, 0.2) is 34.9 Å². The number of benzene rings is 1. The predicted molar refractivity (Wildman–Crippen MR) is 63.0 cm³/mol. The van der Waals surface area contributed by atoms with E-state index in [-0.39, 0.29) is 12.4 Å². The van der Waals surface area contributed by atoms with E-state index in [9.17, 15) is 13.2 Å². The van der Waals surface area contributed by atoms with Crippen LogP contribution in [0.5, 0.6) is 5.75 Å². The smallest absolute Gasteiger partial charge is 0.416 e. The zero-order valence-corrected chi connectivity index (χ0v) is 10.6. The summed E-state index contributed by atoms with van der Waals surface area (Å²) in [5.74, 6) is 0.527. The van der Waals surface area contributed by atoms with Crippen molar-refractivity contribution in [2.24, 2.45) is 0 Å². The molecule has 7 heteroatoms. The quantitative estimate of drug-likeness (QED) is 0.845. The van der Waals surface area contributed by atoms with E-state index in [1.165, 1.54) is 19.2 Å². The molecular formula is C13H12F3NO3. The molecule has 1 heterocycles. The molecular weight excluding hydrogens is 275 g/mol. The van der Waals surface area contributed by atoms with Crippen LogP contribution in [0.3, 0.4) is 0 Å². The van der Waals surface area contributed by atoms with Gasteiger partial charge < -0.3 is 14.0 Å². The summed E-state index contributed by atoms with van der Waals surface area (Å²) in [6.45, 7) is 0.297. The summed E-state index contributed by atoms with van der Waals surface area (Å²) in [5.41, 5.74) is -0.164. The maximum Gasteiger partial charge on any atom is 0.416 e. The monoisotopic (exact) mass is 287 g/mol. The molecule has 2 aromatic rings. The molecule has 0 radical (unpaired) electrons. The Morgan fingerprint density at radius 2 is 2.00 bits per heavy atom. The van der Waals surface area contributed by atoms with Crippen molar-refractivity contribution >= 4 is 0 Å². The number of alkyl halides is 3. The van der Waals surface area contributed by atoms with E-state index in [1.807, 2.05) is 0 Å². The summed E-state index contributed by atoms with van der Waals surface area (Å²) in [5, 5.41) is 3.72. The van der Waals surface area contributed by atoms with Crippen LogP contribution in [0.2, 0.25) is 0 Å². The van der Waals surface area contributed by atoms with Gasteiger partial charge in [-0.25, -0.2) is 0 Å². The fraction of sp³-hybridized carbons (Fsp3) is 0.308. The molecule has 108 valence electrons. The van der Waals surface area contributed by atoms with Crippen molar-refractivity contribution in [3.8, 4) is 5.75 Å². The van der Waals surface area contributed by atoms with Crippen molar-refractivity contribution in [3.63, 3.8) is 0 Å². The molecule has 20 heavy (non-hydrogen) atoms. The van der Waals surface area contributed by atoms with E-state index in [0.29, 0.717) is 18.1 Å². The molecule has 0 spiro atoms. The molecule has 0 saturated carbocycles. The van der Waals surface area contributed by atoms with Crippen LogP contribution < -0.4 is 4.74 Å². The van der Waals surface area contributed by atoms with Gasteiger partial charge >= 0.3 is 6.18 Å². The van der Waals surface area contributed by atoms with Gasteiger partial charge in [0.15, 0.2) is 5.76 Å². The van der Waals surface area contributed by atoms with Gasteiger partial charge in [-0.2, -0.15) is 13.2 Å². The van der Waals surface area contributed by atoms with Crippen molar-refractivity contribution in [2.45, 2.75) is 19.4 Å². The lowest BCUT2D eigenvalue weighted by Crippen LogP contribution is -2.05. The number of rotatable bonds is 5. The average molecular weight is 287 g/mol. The van der Waals surface area contributed by atoms with E-state index in [2.05, 4.69) is 5.16 Å². The van der Waals surface area contributed by atoms with Crippen molar-refractivity contribution in [1.82, 2.24) is 5.16 Å². The first kappa shape index (κ1) is 14.4. The van der Waals surface area contributed by atoms with Gasteiger partial charge in [-0.1, -0.05) is 11.2 Å². The first-order valence-electron chi connectivity index (χ1n) is 5.72. The van der Waals surface area contributed by atoms with E-state index < -0.39 is 11.7 Å². The molecule has 0 unspecified atom stereocenters. The maximum absolute atomic E-state index is 12.5. The summed E-state index contributed by atoms with van der Waals surface area (Å²) in [7, 11) is 1.52. The minimum atomic E-state index is -4.39. The lowest BCUT2D eigenvalue weighted by atomic mass is 10.2. The molecule has 0 amide bonds. The Kier molecular flexibility index (Phi) is 4.29. The van der Waals surface area contributed by atoms with Gasteiger partial charge in [0, 0.05) is 13.2 Å². The van der Waals surface area contributed by atoms with E-state index in [0.717, 1.165) is 12.1 Å². The second-order valence-corrected chi connectivity index (χ2v) is 4.03. The van der Waals surface area contributed by atoms with Gasteiger partial charge in [-0.15, -0.1) is 0 Å². The summed E-state index contributed by atoms with van der Waals surface area (Å²) in [4.78, 5) is 0. The van der Waals surface area contributed by atoms with Crippen molar-refractivity contribution in [1.29, 1.82) is 0 Å². The Labute approximate surface area is 113 Å². The molecule has 0 aliphatic carbocycles. The molecule has 1 aromatic heterocycles. The van der Waals surface area contributed by atoms with E-state index in [4.69, 9.17) is 14.0 Å². The number of nitrogens with zero attached hydrogens (tertiary/aromatic N) is 1. The first-order chi connectivity index (χ1) is 9.49. The molecule has 1 aromatic carbocycles. The topological polar surface area (TPSA) is 44.5 Å². The number of halogens is 3. The second kappa shape index (κ2) is 5.96. The zero-order valence-electron chi connectivity index (χ0n) is 10.6. The van der Waals surface area contributed by atoms with E-state index in [1.54, 1.807) is 6.07 Å². The van der Waals surface area contributed by atoms with Gasteiger partial charge in [-0.05, 0) is 18.2 Å². The number of hydrogen-bond acceptors (Lipinski definition) is 4. The number of ether oxygens (including phenoxy) is 2. The third kappa shape index (κ3) is 3.74. The van der Waals surface area contributed by atoms with Crippen LogP contribution in [-0.4, -0.2) is 12.3 Å². The fourth-order valence-corrected chi connectivity index (χ4v) is 1.56. The largest absolute Gasteiger partial charge is 0.486 e. The number of hydrogen-bond donors (Lipinski definition) is 0. The molecule has 4 nitrogen and oxygen atoms in total. The standard InChI is InChI=1S/C13H12F3NO3/c1-18-7-10-6-12(20-17-10)8-19-11-4-2-3-9(5-11)13(14,15)16/h2-6H,7-8H2,1H3. The fourth-order valence-electron chi connectivity index (χ4n) is 1.56. The molecule has 0 aliphatic rings. The molecule has 0 atom stereocenters. The third-order valence-corrected chi connectivity index (χ3v) is 2.44. The van der Waals surface area contributed by atoms with Crippen molar-refractivity contribution in [3.05, 3.63) is 47.3 Å². The molecule has 0 fully saturated rings. The van der Waals surface area contributed by atoms with Crippen LogP contribution >= 0.6 is 0 Å². The number of methoxy groups -OCH3 is 1. The van der Waals surface area contributed by atoms with Crippen LogP contribution in [0.25, 0.3) is 0 Å². The Hall–Kier alpha value is -2.02. The van der Waals surface area contributed by atoms with Crippen LogP contribution in [0.4, 0.5) is 13.2 Å². The first-order valence-corrected chi connectivity index (χ1v) is 5.72. The predicted octanol–water partition coefficient (Wildman–Crippen LogP) is 3.42. The molecule has 0 saturated heterocycles. The highest BCUT2D eigenvalue weighted by atomic mass is 19.4. The Bertz CT molecular complexity index is 566. The van der Waals surface area contributed by atoms with Gasteiger partial charge in [0.2, 0.25) is 0 Å². The van der Waals surface area contributed by atoms with Gasteiger partial charge in [-0.3, -0.25) is 0 Å². The minimum absolute atomic E-state index is 0.00196. The second-order valence-electron chi connectivity index (χ2n) is 4.03. The zero-order chi connectivity index (χ0) is 14.6. The average Bonchev–Trinajstić information content (AvgIpc) is 2.84. The summed E-state index contributed by atoms with van der Waals surface area (Å²) >= 11 is 0. The minimum Gasteiger partial charge on any atom is -0.486 e. The molecule has 2 rings (SSSR count). The number of aromatic nitrogens is 1.